The Hall–Kier alpha value is -3.68. The van der Waals surface area contributed by atoms with Crippen LogP contribution in [0.2, 0.25) is 0 Å². The Morgan fingerprint density at radius 1 is 0.944 bits per heavy atom. The normalized spacial score (nSPS) is 25.8. The van der Waals surface area contributed by atoms with E-state index in [1.54, 1.807) is 53.4 Å². The highest BCUT2D eigenvalue weighted by Crippen LogP contribution is 2.42. The van der Waals surface area contributed by atoms with E-state index in [4.69, 9.17) is 9.47 Å². The highest BCUT2D eigenvalue weighted by atomic mass is 16.5. The molecule has 0 aromatic heterocycles. The van der Waals surface area contributed by atoms with Crippen LogP contribution in [0.4, 0.5) is 11.4 Å². The fraction of sp³-hybridized carbons (Fsp3) is 0.429. The third kappa shape index (κ3) is 4.47. The number of rotatable bonds is 6. The van der Waals surface area contributed by atoms with Crippen molar-refractivity contribution < 1.29 is 28.7 Å². The number of imide groups is 1. The second kappa shape index (κ2) is 9.76. The van der Waals surface area contributed by atoms with Crippen molar-refractivity contribution in [3.05, 3.63) is 48.5 Å². The number of ether oxygens (including phenoxy) is 2. The molecule has 5 rings (SSSR count). The average Bonchev–Trinajstić information content (AvgIpc) is 3.37. The molecule has 2 aliphatic heterocycles. The molecule has 4 atom stereocenters. The van der Waals surface area contributed by atoms with E-state index in [1.165, 1.54) is 4.90 Å². The van der Waals surface area contributed by atoms with Gasteiger partial charge in [-0.25, -0.2) is 4.90 Å². The molecule has 3 fully saturated rings. The number of benzene rings is 2. The van der Waals surface area contributed by atoms with E-state index in [-0.39, 0.29) is 48.3 Å². The SMILES string of the molecule is CCOc1ccc(N2C[C@H](C(=O)Oc3cccc(N4C(=O)[C@@H]5CC[C@@H](C)C[C@H]5C4=O)c3)CC2=O)cc1. The molecular formula is C28H30N2O6. The lowest BCUT2D eigenvalue weighted by Gasteiger charge is -2.25. The number of carbonyl (C=O) groups excluding carboxylic acids is 4. The monoisotopic (exact) mass is 490 g/mol. The Morgan fingerprint density at radius 3 is 2.44 bits per heavy atom. The summed E-state index contributed by atoms with van der Waals surface area (Å²) in [5.41, 5.74) is 1.11. The number of amides is 3. The van der Waals surface area contributed by atoms with Crippen molar-refractivity contribution in [3.8, 4) is 11.5 Å². The van der Waals surface area contributed by atoms with Gasteiger partial charge in [-0.15, -0.1) is 0 Å². The molecule has 2 aromatic carbocycles. The van der Waals surface area contributed by atoms with Gasteiger partial charge < -0.3 is 14.4 Å². The van der Waals surface area contributed by atoms with Crippen LogP contribution in [-0.2, 0) is 19.2 Å². The molecule has 1 saturated carbocycles. The highest BCUT2D eigenvalue weighted by Gasteiger charge is 2.50. The van der Waals surface area contributed by atoms with Crippen LogP contribution in [0.3, 0.4) is 0 Å². The predicted octanol–water partition coefficient (Wildman–Crippen LogP) is 3.97. The number of esters is 1. The number of nitrogens with zero attached hydrogens (tertiary/aromatic N) is 2. The second-order valence-corrected chi connectivity index (χ2v) is 9.89. The quantitative estimate of drug-likeness (QED) is 0.346. The summed E-state index contributed by atoms with van der Waals surface area (Å²) in [7, 11) is 0. The van der Waals surface area contributed by atoms with E-state index in [0.29, 0.717) is 29.6 Å². The first-order valence-corrected chi connectivity index (χ1v) is 12.6. The molecular weight excluding hydrogens is 460 g/mol. The Balaban J connectivity index is 1.26. The van der Waals surface area contributed by atoms with Gasteiger partial charge in [0.15, 0.2) is 0 Å². The van der Waals surface area contributed by atoms with Gasteiger partial charge in [-0.2, -0.15) is 0 Å². The van der Waals surface area contributed by atoms with Crippen molar-refractivity contribution in [2.24, 2.45) is 23.7 Å². The van der Waals surface area contributed by atoms with E-state index in [1.807, 2.05) is 6.92 Å². The zero-order chi connectivity index (χ0) is 25.4. The van der Waals surface area contributed by atoms with Gasteiger partial charge in [0.05, 0.1) is 30.0 Å². The van der Waals surface area contributed by atoms with Gasteiger partial charge in [0, 0.05) is 24.7 Å². The molecule has 0 spiro atoms. The van der Waals surface area contributed by atoms with Gasteiger partial charge in [-0.3, -0.25) is 19.2 Å². The minimum Gasteiger partial charge on any atom is -0.494 e. The summed E-state index contributed by atoms with van der Waals surface area (Å²) in [4.78, 5) is 54.4. The van der Waals surface area contributed by atoms with Crippen molar-refractivity contribution in [1.29, 1.82) is 0 Å². The van der Waals surface area contributed by atoms with E-state index in [0.717, 1.165) is 19.3 Å². The van der Waals surface area contributed by atoms with Crippen molar-refractivity contribution in [2.75, 3.05) is 23.0 Å². The molecule has 3 aliphatic rings. The molecule has 8 nitrogen and oxygen atoms in total. The molecule has 0 bridgehead atoms. The van der Waals surface area contributed by atoms with Gasteiger partial charge in [-0.05, 0) is 68.5 Å². The summed E-state index contributed by atoms with van der Waals surface area (Å²) in [6, 6.07) is 13.7. The molecule has 8 heteroatoms. The lowest BCUT2D eigenvalue weighted by Crippen LogP contribution is -2.31. The van der Waals surface area contributed by atoms with Gasteiger partial charge in [0.2, 0.25) is 17.7 Å². The minimum atomic E-state index is -0.618. The summed E-state index contributed by atoms with van der Waals surface area (Å²) >= 11 is 0. The lowest BCUT2D eigenvalue weighted by atomic mass is 9.76. The molecule has 0 radical (unpaired) electrons. The Bertz CT molecular complexity index is 1190. The minimum absolute atomic E-state index is 0.0520. The van der Waals surface area contributed by atoms with E-state index in [9.17, 15) is 19.2 Å². The number of carbonyl (C=O) groups is 4. The van der Waals surface area contributed by atoms with Gasteiger partial charge in [0.1, 0.15) is 11.5 Å². The van der Waals surface area contributed by atoms with Gasteiger partial charge in [-0.1, -0.05) is 13.0 Å². The standard InChI is InChI=1S/C28H30N2O6/c1-3-35-21-10-8-19(9-11-21)29-16-18(14-25(29)31)28(34)36-22-6-4-5-20(15-22)30-26(32)23-12-7-17(2)13-24(23)27(30)33/h4-6,8-11,15,17-18,23-24H,3,7,12-14,16H2,1-2H3/t17-,18-,23-,24-/m1/s1. The largest absolute Gasteiger partial charge is 0.494 e. The second-order valence-electron chi connectivity index (χ2n) is 9.89. The summed E-state index contributed by atoms with van der Waals surface area (Å²) in [6.07, 6.45) is 2.44. The van der Waals surface area contributed by atoms with Crippen molar-refractivity contribution >= 4 is 35.1 Å². The molecule has 188 valence electrons. The van der Waals surface area contributed by atoms with E-state index in [2.05, 4.69) is 6.92 Å². The first-order chi connectivity index (χ1) is 17.4. The number of hydrogen-bond acceptors (Lipinski definition) is 6. The lowest BCUT2D eigenvalue weighted by molar-refractivity contribution is -0.139. The predicted molar refractivity (Wildman–Crippen MR) is 133 cm³/mol. The highest BCUT2D eigenvalue weighted by molar-refractivity contribution is 6.22. The first-order valence-electron chi connectivity index (χ1n) is 12.6. The van der Waals surface area contributed by atoms with Gasteiger partial charge >= 0.3 is 5.97 Å². The molecule has 2 aromatic rings. The Kier molecular flexibility index (Phi) is 6.51. The van der Waals surface area contributed by atoms with Crippen molar-refractivity contribution in [2.45, 2.75) is 39.5 Å². The zero-order valence-corrected chi connectivity index (χ0v) is 20.5. The fourth-order valence-corrected chi connectivity index (χ4v) is 5.53. The first kappa shape index (κ1) is 24.0. The van der Waals surface area contributed by atoms with Crippen LogP contribution in [0.5, 0.6) is 11.5 Å². The summed E-state index contributed by atoms with van der Waals surface area (Å²) < 4.78 is 11.0. The third-order valence-corrected chi connectivity index (χ3v) is 7.40. The molecule has 1 aliphatic carbocycles. The Labute approximate surface area is 210 Å². The number of hydrogen-bond donors (Lipinski definition) is 0. The third-order valence-electron chi connectivity index (χ3n) is 7.40. The Morgan fingerprint density at radius 2 is 1.69 bits per heavy atom. The topological polar surface area (TPSA) is 93.2 Å². The number of fused-ring (bicyclic) bond motifs is 1. The van der Waals surface area contributed by atoms with Crippen LogP contribution in [0.25, 0.3) is 0 Å². The maximum Gasteiger partial charge on any atom is 0.316 e. The average molecular weight is 491 g/mol. The summed E-state index contributed by atoms with van der Waals surface area (Å²) in [6.45, 7) is 4.78. The molecule has 0 unspecified atom stereocenters. The maximum absolute atomic E-state index is 13.0. The van der Waals surface area contributed by atoms with Gasteiger partial charge in [0.25, 0.3) is 0 Å². The molecule has 0 N–H and O–H groups in total. The zero-order valence-electron chi connectivity index (χ0n) is 20.5. The molecule has 3 amide bonds. The van der Waals surface area contributed by atoms with Crippen molar-refractivity contribution in [3.63, 3.8) is 0 Å². The smallest absolute Gasteiger partial charge is 0.316 e. The van der Waals surface area contributed by atoms with Crippen molar-refractivity contribution in [1.82, 2.24) is 0 Å². The van der Waals surface area contributed by atoms with E-state index >= 15 is 0 Å². The van der Waals surface area contributed by atoms with Crippen LogP contribution in [-0.4, -0.2) is 36.8 Å². The maximum atomic E-state index is 13.0. The van der Waals surface area contributed by atoms with Crippen LogP contribution in [0, 0.1) is 23.7 Å². The summed E-state index contributed by atoms with van der Waals surface area (Å²) in [5, 5.41) is 0. The van der Waals surface area contributed by atoms with E-state index < -0.39 is 11.9 Å². The fourth-order valence-electron chi connectivity index (χ4n) is 5.53. The van der Waals surface area contributed by atoms with Crippen LogP contribution < -0.4 is 19.3 Å². The van der Waals surface area contributed by atoms with Crippen LogP contribution in [0.15, 0.2) is 48.5 Å². The molecule has 36 heavy (non-hydrogen) atoms. The van der Waals surface area contributed by atoms with Crippen LogP contribution in [0.1, 0.15) is 39.5 Å². The summed E-state index contributed by atoms with van der Waals surface area (Å²) in [5.74, 6) is -0.793. The number of anilines is 2. The molecule has 2 heterocycles. The molecule has 2 saturated heterocycles. The van der Waals surface area contributed by atoms with Crippen LogP contribution >= 0.6 is 0 Å².